The minimum atomic E-state index is 0.0108. The molecule has 1 aliphatic heterocycles. The number of carbonyl (C=O) groups is 1. The van der Waals surface area contributed by atoms with E-state index in [9.17, 15) is 4.79 Å². The van der Waals surface area contributed by atoms with Crippen molar-refractivity contribution in [2.75, 3.05) is 12.3 Å². The molecule has 1 aliphatic rings. The van der Waals surface area contributed by atoms with Crippen LogP contribution in [0.2, 0.25) is 0 Å². The normalized spacial score (nSPS) is 20.1. The van der Waals surface area contributed by atoms with Crippen molar-refractivity contribution in [3.63, 3.8) is 0 Å². The summed E-state index contributed by atoms with van der Waals surface area (Å²) in [5, 5.41) is 0. The Hall–Kier alpha value is -1.58. The van der Waals surface area contributed by atoms with Crippen molar-refractivity contribution < 1.29 is 4.79 Å². The Kier molecular flexibility index (Phi) is 3.08. The molecule has 2 heterocycles. The minimum Gasteiger partial charge on any atom is -0.384 e. The van der Waals surface area contributed by atoms with Crippen LogP contribution in [0, 0.1) is 0 Å². The predicted molar refractivity (Wildman–Crippen MR) is 63.0 cm³/mol. The fourth-order valence-electron chi connectivity index (χ4n) is 2.25. The first kappa shape index (κ1) is 10.9. The molecule has 1 unspecified atom stereocenters. The van der Waals surface area contributed by atoms with Crippen LogP contribution in [0.25, 0.3) is 0 Å². The molecule has 0 aromatic carbocycles. The topological polar surface area (TPSA) is 59.2 Å². The van der Waals surface area contributed by atoms with Gasteiger partial charge in [0.1, 0.15) is 11.5 Å². The number of aromatic nitrogens is 1. The van der Waals surface area contributed by atoms with E-state index in [1.54, 1.807) is 18.2 Å². The number of pyridine rings is 1. The molecule has 0 bridgehead atoms. The number of nitrogen functional groups attached to an aromatic ring is 1. The molecule has 1 amide bonds. The third kappa shape index (κ3) is 2.01. The van der Waals surface area contributed by atoms with Gasteiger partial charge in [-0.2, -0.15) is 0 Å². The molecule has 16 heavy (non-hydrogen) atoms. The Bertz CT molecular complexity index is 392. The van der Waals surface area contributed by atoms with Crippen LogP contribution < -0.4 is 5.73 Å². The zero-order valence-electron chi connectivity index (χ0n) is 9.52. The van der Waals surface area contributed by atoms with E-state index in [1.807, 2.05) is 4.90 Å². The molecule has 2 N–H and O–H groups in total. The van der Waals surface area contributed by atoms with E-state index in [2.05, 4.69) is 11.9 Å². The van der Waals surface area contributed by atoms with Crippen LogP contribution in [0.5, 0.6) is 0 Å². The van der Waals surface area contributed by atoms with E-state index in [1.165, 1.54) is 0 Å². The van der Waals surface area contributed by atoms with E-state index in [-0.39, 0.29) is 5.91 Å². The lowest BCUT2D eigenvalue weighted by molar-refractivity contribution is 0.0728. The van der Waals surface area contributed by atoms with Gasteiger partial charge >= 0.3 is 0 Å². The number of nitrogens with zero attached hydrogens (tertiary/aromatic N) is 2. The number of anilines is 1. The zero-order valence-corrected chi connectivity index (χ0v) is 9.52. The summed E-state index contributed by atoms with van der Waals surface area (Å²) in [5.74, 6) is 0.412. The van der Waals surface area contributed by atoms with Crippen LogP contribution in [0.15, 0.2) is 18.2 Å². The van der Waals surface area contributed by atoms with Crippen LogP contribution in [0.1, 0.15) is 36.7 Å². The van der Waals surface area contributed by atoms with E-state index >= 15 is 0 Å². The highest BCUT2D eigenvalue weighted by atomic mass is 16.2. The van der Waals surface area contributed by atoms with E-state index < -0.39 is 0 Å². The van der Waals surface area contributed by atoms with Gasteiger partial charge in [-0.25, -0.2) is 4.98 Å². The number of rotatable bonds is 2. The Labute approximate surface area is 95.5 Å². The van der Waals surface area contributed by atoms with Gasteiger partial charge in [0.15, 0.2) is 0 Å². The lowest BCUT2D eigenvalue weighted by Gasteiger charge is -2.23. The van der Waals surface area contributed by atoms with Gasteiger partial charge in [-0.1, -0.05) is 13.0 Å². The lowest BCUT2D eigenvalue weighted by atomic mass is 10.1. The average molecular weight is 219 g/mol. The quantitative estimate of drug-likeness (QED) is 0.823. The number of amides is 1. The van der Waals surface area contributed by atoms with E-state index in [0.717, 1.165) is 25.8 Å². The van der Waals surface area contributed by atoms with Gasteiger partial charge in [0, 0.05) is 12.6 Å². The van der Waals surface area contributed by atoms with Crippen LogP contribution in [-0.4, -0.2) is 28.4 Å². The highest BCUT2D eigenvalue weighted by Crippen LogP contribution is 2.21. The summed E-state index contributed by atoms with van der Waals surface area (Å²) in [4.78, 5) is 18.2. The predicted octanol–water partition coefficient (Wildman–Crippen LogP) is 1.68. The first-order chi connectivity index (χ1) is 7.72. The molecule has 1 atom stereocenters. The third-order valence-electron chi connectivity index (χ3n) is 3.10. The fraction of sp³-hybridized carbons (Fsp3) is 0.500. The summed E-state index contributed by atoms with van der Waals surface area (Å²) in [6.45, 7) is 2.96. The second-order valence-electron chi connectivity index (χ2n) is 4.15. The third-order valence-corrected chi connectivity index (χ3v) is 3.10. The summed E-state index contributed by atoms with van der Waals surface area (Å²) in [5.41, 5.74) is 6.04. The molecule has 86 valence electrons. The zero-order chi connectivity index (χ0) is 11.5. The standard InChI is InChI=1S/C12H17N3O/c1-2-9-5-4-8-15(9)12(16)10-6-3-7-11(13)14-10/h3,6-7,9H,2,4-5,8H2,1H3,(H2,13,14). The molecule has 0 aliphatic carbocycles. The molecule has 4 heteroatoms. The van der Waals surface area contributed by atoms with Gasteiger partial charge in [-0.3, -0.25) is 4.79 Å². The molecular weight excluding hydrogens is 202 g/mol. The van der Waals surface area contributed by atoms with Gasteiger partial charge < -0.3 is 10.6 Å². The molecule has 2 rings (SSSR count). The maximum absolute atomic E-state index is 12.2. The number of hydrogen-bond donors (Lipinski definition) is 1. The van der Waals surface area contributed by atoms with Crippen molar-refractivity contribution in [1.29, 1.82) is 0 Å². The van der Waals surface area contributed by atoms with Gasteiger partial charge in [-0.05, 0) is 31.4 Å². The highest BCUT2D eigenvalue weighted by Gasteiger charge is 2.28. The first-order valence-electron chi connectivity index (χ1n) is 5.76. The van der Waals surface area contributed by atoms with E-state index in [4.69, 9.17) is 5.73 Å². The van der Waals surface area contributed by atoms with Gasteiger partial charge in [0.05, 0.1) is 0 Å². The van der Waals surface area contributed by atoms with Gasteiger partial charge in [0.25, 0.3) is 5.91 Å². The molecule has 1 aromatic heterocycles. The maximum Gasteiger partial charge on any atom is 0.272 e. The number of hydrogen-bond acceptors (Lipinski definition) is 3. The largest absolute Gasteiger partial charge is 0.384 e. The van der Waals surface area contributed by atoms with Crippen molar-refractivity contribution in [1.82, 2.24) is 9.88 Å². The monoisotopic (exact) mass is 219 g/mol. The van der Waals surface area contributed by atoms with Crippen LogP contribution in [0.4, 0.5) is 5.82 Å². The molecule has 4 nitrogen and oxygen atoms in total. The van der Waals surface area contributed by atoms with Crippen LogP contribution >= 0.6 is 0 Å². The summed E-state index contributed by atoms with van der Waals surface area (Å²) < 4.78 is 0. The molecule has 0 spiro atoms. The summed E-state index contributed by atoms with van der Waals surface area (Å²) in [6.07, 6.45) is 3.20. The van der Waals surface area contributed by atoms with Gasteiger partial charge in [0.2, 0.25) is 0 Å². The van der Waals surface area contributed by atoms with Crippen molar-refractivity contribution in [2.45, 2.75) is 32.2 Å². The first-order valence-corrected chi connectivity index (χ1v) is 5.76. The Morgan fingerprint density at radius 3 is 3.12 bits per heavy atom. The molecule has 0 saturated carbocycles. The number of likely N-dealkylation sites (tertiary alicyclic amines) is 1. The van der Waals surface area contributed by atoms with Gasteiger partial charge in [-0.15, -0.1) is 0 Å². The summed E-state index contributed by atoms with van der Waals surface area (Å²) >= 11 is 0. The van der Waals surface area contributed by atoms with Crippen molar-refractivity contribution >= 4 is 11.7 Å². The average Bonchev–Trinajstić information content (AvgIpc) is 2.76. The fourth-order valence-corrected chi connectivity index (χ4v) is 2.25. The minimum absolute atomic E-state index is 0.0108. The lowest BCUT2D eigenvalue weighted by Crippen LogP contribution is -2.35. The molecule has 1 fully saturated rings. The Balaban J connectivity index is 2.18. The SMILES string of the molecule is CCC1CCCN1C(=O)c1cccc(N)n1. The van der Waals surface area contributed by atoms with Crippen LogP contribution in [-0.2, 0) is 0 Å². The second-order valence-corrected chi connectivity index (χ2v) is 4.15. The molecule has 1 aromatic rings. The molecule has 1 saturated heterocycles. The summed E-state index contributed by atoms with van der Waals surface area (Å²) in [6, 6.07) is 5.56. The summed E-state index contributed by atoms with van der Waals surface area (Å²) in [7, 11) is 0. The Morgan fingerprint density at radius 2 is 2.44 bits per heavy atom. The maximum atomic E-state index is 12.2. The molecule has 0 radical (unpaired) electrons. The second kappa shape index (κ2) is 4.51. The smallest absolute Gasteiger partial charge is 0.272 e. The van der Waals surface area contributed by atoms with E-state index in [0.29, 0.717) is 17.6 Å². The van der Waals surface area contributed by atoms with Crippen molar-refractivity contribution in [2.24, 2.45) is 0 Å². The number of nitrogens with two attached hydrogens (primary N) is 1. The Morgan fingerprint density at radius 1 is 1.62 bits per heavy atom. The highest BCUT2D eigenvalue weighted by molar-refractivity contribution is 5.93. The molecular formula is C12H17N3O. The number of carbonyl (C=O) groups excluding carboxylic acids is 1. The van der Waals surface area contributed by atoms with Crippen LogP contribution in [0.3, 0.4) is 0 Å². The van der Waals surface area contributed by atoms with Crippen molar-refractivity contribution in [3.05, 3.63) is 23.9 Å². The van der Waals surface area contributed by atoms with Crippen molar-refractivity contribution in [3.8, 4) is 0 Å².